The Kier molecular flexibility index (Phi) is 4.31. The third-order valence-corrected chi connectivity index (χ3v) is 2.50. The molecule has 0 bridgehead atoms. The van der Waals surface area contributed by atoms with Gasteiger partial charge in [0.25, 0.3) is 0 Å². The third kappa shape index (κ3) is 2.73. The van der Waals surface area contributed by atoms with Crippen LogP contribution in [0.5, 0.6) is 0 Å². The van der Waals surface area contributed by atoms with Gasteiger partial charge in [0.15, 0.2) is 0 Å². The van der Waals surface area contributed by atoms with Gasteiger partial charge < -0.3 is 14.3 Å². The van der Waals surface area contributed by atoms with Gasteiger partial charge in [-0.05, 0) is 13.0 Å². The number of esters is 1. The molecule has 0 radical (unpaired) electrons. The SMILES string of the molecule is C=C(C)[C@@H](CO)Cc1occc1C(=O)OC. The summed E-state index contributed by atoms with van der Waals surface area (Å²) in [6, 6.07) is 1.56. The number of ether oxygens (including phenoxy) is 1. The van der Waals surface area contributed by atoms with Crippen LogP contribution in [-0.2, 0) is 11.2 Å². The Morgan fingerprint density at radius 3 is 2.88 bits per heavy atom. The van der Waals surface area contributed by atoms with Gasteiger partial charge in [0, 0.05) is 12.3 Å². The summed E-state index contributed by atoms with van der Waals surface area (Å²) in [5, 5.41) is 9.16. The van der Waals surface area contributed by atoms with Crippen LogP contribution in [0.3, 0.4) is 0 Å². The van der Waals surface area contributed by atoms with E-state index in [9.17, 15) is 4.79 Å². The minimum absolute atomic E-state index is 0.0172. The van der Waals surface area contributed by atoms with E-state index in [0.29, 0.717) is 17.7 Å². The molecule has 0 aliphatic carbocycles. The van der Waals surface area contributed by atoms with Gasteiger partial charge in [0.1, 0.15) is 11.3 Å². The Morgan fingerprint density at radius 1 is 1.69 bits per heavy atom. The van der Waals surface area contributed by atoms with E-state index < -0.39 is 5.97 Å². The predicted molar refractivity (Wildman–Crippen MR) is 59.1 cm³/mol. The highest BCUT2D eigenvalue weighted by Gasteiger charge is 2.19. The van der Waals surface area contributed by atoms with Crippen LogP contribution in [0.4, 0.5) is 0 Å². The van der Waals surface area contributed by atoms with E-state index in [1.54, 1.807) is 6.07 Å². The summed E-state index contributed by atoms with van der Waals surface area (Å²) in [7, 11) is 1.32. The molecule has 1 rings (SSSR count). The highest BCUT2D eigenvalue weighted by Crippen LogP contribution is 2.20. The van der Waals surface area contributed by atoms with Crippen molar-refractivity contribution >= 4 is 5.97 Å². The summed E-state index contributed by atoms with van der Waals surface area (Å²) in [4.78, 5) is 11.4. The zero-order valence-corrected chi connectivity index (χ0v) is 9.53. The van der Waals surface area contributed by atoms with Crippen LogP contribution in [0.2, 0.25) is 0 Å². The van der Waals surface area contributed by atoms with Crippen LogP contribution < -0.4 is 0 Å². The van der Waals surface area contributed by atoms with Gasteiger partial charge in [-0.2, -0.15) is 0 Å². The molecule has 0 aliphatic heterocycles. The first-order valence-corrected chi connectivity index (χ1v) is 5.01. The fourth-order valence-electron chi connectivity index (χ4n) is 1.41. The van der Waals surface area contributed by atoms with Crippen molar-refractivity contribution in [1.29, 1.82) is 0 Å². The van der Waals surface area contributed by atoms with Crippen LogP contribution >= 0.6 is 0 Å². The van der Waals surface area contributed by atoms with Crippen molar-refractivity contribution in [3.05, 3.63) is 35.8 Å². The maximum atomic E-state index is 11.4. The molecule has 1 atom stereocenters. The van der Waals surface area contributed by atoms with Gasteiger partial charge in [0.2, 0.25) is 0 Å². The zero-order chi connectivity index (χ0) is 12.1. The molecule has 0 spiro atoms. The summed E-state index contributed by atoms with van der Waals surface area (Å²) < 4.78 is 9.84. The van der Waals surface area contributed by atoms with Crippen LogP contribution in [0.25, 0.3) is 0 Å². The summed E-state index contributed by atoms with van der Waals surface area (Å²) in [6.07, 6.45) is 1.89. The normalized spacial score (nSPS) is 12.2. The number of hydrogen-bond acceptors (Lipinski definition) is 4. The van der Waals surface area contributed by atoms with Gasteiger partial charge in [0.05, 0.1) is 20.0 Å². The van der Waals surface area contributed by atoms with Gasteiger partial charge in [-0.3, -0.25) is 0 Å². The van der Waals surface area contributed by atoms with Crippen LogP contribution in [0.15, 0.2) is 28.9 Å². The number of furan rings is 1. The Morgan fingerprint density at radius 2 is 2.38 bits per heavy atom. The molecule has 4 heteroatoms. The average molecular weight is 224 g/mol. The lowest BCUT2D eigenvalue weighted by Crippen LogP contribution is -2.12. The molecular weight excluding hydrogens is 208 g/mol. The maximum Gasteiger partial charge on any atom is 0.341 e. The standard InChI is InChI=1S/C12H16O4/c1-8(2)9(7-13)6-11-10(4-5-16-11)12(14)15-3/h4-5,9,13H,1,6-7H2,2-3H3/t9-/m1/s1. The molecule has 1 heterocycles. The molecule has 0 unspecified atom stereocenters. The van der Waals surface area contributed by atoms with Gasteiger partial charge in [-0.25, -0.2) is 4.79 Å². The number of carbonyl (C=O) groups is 1. The minimum Gasteiger partial charge on any atom is -0.468 e. The van der Waals surface area contributed by atoms with Gasteiger partial charge >= 0.3 is 5.97 Å². The second-order valence-corrected chi connectivity index (χ2v) is 3.68. The molecular formula is C12H16O4. The van der Waals surface area contributed by atoms with Crippen LogP contribution in [-0.4, -0.2) is 24.8 Å². The summed E-state index contributed by atoms with van der Waals surface area (Å²) >= 11 is 0. The monoisotopic (exact) mass is 224 g/mol. The molecule has 1 aromatic rings. The van der Waals surface area contributed by atoms with E-state index in [1.807, 2.05) is 6.92 Å². The molecule has 0 amide bonds. The van der Waals surface area contributed by atoms with E-state index >= 15 is 0 Å². The first kappa shape index (κ1) is 12.5. The summed E-state index contributed by atoms with van der Waals surface area (Å²) in [5.41, 5.74) is 1.26. The van der Waals surface area contributed by atoms with E-state index in [0.717, 1.165) is 5.57 Å². The van der Waals surface area contributed by atoms with E-state index in [1.165, 1.54) is 13.4 Å². The highest BCUT2D eigenvalue weighted by molar-refractivity contribution is 5.90. The molecule has 1 aromatic heterocycles. The Bertz CT molecular complexity index is 378. The topological polar surface area (TPSA) is 59.7 Å². The Hall–Kier alpha value is -1.55. The number of carbonyl (C=O) groups excluding carboxylic acids is 1. The molecule has 4 nitrogen and oxygen atoms in total. The lowest BCUT2D eigenvalue weighted by Gasteiger charge is -2.12. The number of rotatable bonds is 5. The third-order valence-electron chi connectivity index (χ3n) is 2.50. The molecule has 0 aliphatic rings. The molecule has 0 saturated heterocycles. The van der Waals surface area contributed by atoms with E-state index in [-0.39, 0.29) is 12.5 Å². The van der Waals surface area contributed by atoms with Crippen molar-refractivity contribution in [2.45, 2.75) is 13.3 Å². The molecule has 16 heavy (non-hydrogen) atoms. The van der Waals surface area contributed by atoms with Crippen LogP contribution in [0, 0.1) is 5.92 Å². The maximum absolute atomic E-state index is 11.4. The van der Waals surface area contributed by atoms with Crippen LogP contribution in [0.1, 0.15) is 23.0 Å². The fourth-order valence-corrected chi connectivity index (χ4v) is 1.41. The molecule has 88 valence electrons. The minimum atomic E-state index is -0.429. The molecule has 1 N–H and O–H groups in total. The number of aliphatic hydroxyl groups is 1. The first-order valence-electron chi connectivity index (χ1n) is 5.01. The average Bonchev–Trinajstić information content (AvgIpc) is 2.72. The summed E-state index contributed by atoms with van der Waals surface area (Å²) in [6.45, 7) is 5.60. The second kappa shape index (κ2) is 5.51. The van der Waals surface area contributed by atoms with Crippen molar-refractivity contribution in [3.8, 4) is 0 Å². The predicted octanol–water partition coefficient (Wildman–Crippen LogP) is 1.79. The first-order chi connectivity index (χ1) is 7.60. The smallest absolute Gasteiger partial charge is 0.341 e. The van der Waals surface area contributed by atoms with Crippen molar-refractivity contribution in [1.82, 2.24) is 0 Å². The summed E-state index contributed by atoms with van der Waals surface area (Å²) in [5.74, 6) is -0.00869. The van der Waals surface area contributed by atoms with Crippen molar-refractivity contribution < 1.29 is 19.1 Å². The Balaban J connectivity index is 2.84. The Labute approximate surface area is 94.5 Å². The van der Waals surface area contributed by atoms with E-state index in [2.05, 4.69) is 11.3 Å². The van der Waals surface area contributed by atoms with Gasteiger partial charge in [-0.1, -0.05) is 12.2 Å². The number of methoxy groups -OCH3 is 1. The highest BCUT2D eigenvalue weighted by atomic mass is 16.5. The molecule has 0 fully saturated rings. The largest absolute Gasteiger partial charge is 0.468 e. The molecule has 0 aromatic carbocycles. The quantitative estimate of drug-likeness (QED) is 0.612. The van der Waals surface area contributed by atoms with Crippen molar-refractivity contribution in [3.63, 3.8) is 0 Å². The molecule has 0 saturated carbocycles. The fraction of sp³-hybridized carbons (Fsp3) is 0.417. The van der Waals surface area contributed by atoms with E-state index in [4.69, 9.17) is 9.52 Å². The zero-order valence-electron chi connectivity index (χ0n) is 9.53. The van der Waals surface area contributed by atoms with Gasteiger partial charge in [-0.15, -0.1) is 0 Å². The lowest BCUT2D eigenvalue weighted by atomic mass is 9.96. The number of hydrogen-bond donors (Lipinski definition) is 1. The van der Waals surface area contributed by atoms with Crippen molar-refractivity contribution in [2.24, 2.45) is 5.92 Å². The number of aliphatic hydroxyl groups excluding tert-OH is 1. The lowest BCUT2D eigenvalue weighted by molar-refractivity contribution is 0.0597. The second-order valence-electron chi connectivity index (χ2n) is 3.68. The van der Waals surface area contributed by atoms with Crippen molar-refractivity contribution in [2.75, 3.05) is 13.7 Å².